The first-order valence-electron chi connectivity index (χ1n) is 8.76. The predicted octanol–water partition coefficient (Wildman–Crippen LogP) is 2.81. The first-order valence-corrected chi connectivity index (χ1v) is 9.64. The van der Waals surface area contributed by atoms with Crippen LogP contribution in [-0.2, 0) is 6.54 Å². The highest BCUT2D eigenvalue weighted by Crippen LogP contribution is 2.19. The number of nitrogens with zero attached hydrogens (tertiary/aromatic N) is 3. The van der Waals surface area contributed by atoms with Crippen LogP contribution in [0.3, 0.4) is 0 Å². The normalized spacial score (nSPS) is 17.7. The van der Waals surface area contributed by atoms with E-state index in [9.17, 15) is 0 Å². The molecule has 2 heterocycles. The van der Waals surface area contributed by atoms with E-state index in [1.165, 1.54) is 43.9 Å². The summed E-state index contributed by atoms with van der Waals surface area (Å²) in [6, 6.07) is 0.524. The molecule has 23 heavy (non-hydrogen) atoms. The first kappa shape index (κ1) is 18.2. The maximum Gasteiger partial charge on any atom is 0.191 e. The van der Waals surface area contributed by atoms with Gasteiger partial charge in [0, 0.05) is 37.5 Å². The standard InChI is InChI=1S/C17H31N5S/c1-5-8-22-9-6-14(7-10-22)21-17(18-4)19-11-15-12-23-16(20-15)13(2)3/h12-14H,5-11H2,1-4H3,(H2,18,19,21). The van der Waals surface area contributed by atoms with Gasteiger partial charge in [0.2, 0.25) is 0 Å². The summed E-state index contributed by atoms with van der Waals surface area (Å²) in [5.41, 5.74) is 1.10. The highest BCUT2D eigenvalue weighted by Gasteiger charge is 2.19. The molecule has 0 saturated carbocycles. The molecule has 0 aromatic carbocycles. The quantitative estimate of drug-likeness (QED) is 0.619. The number of aromatic nitrogens is 1. The summed E-state index contributed by atoms with van der Waals surface area (Å²) in [5.74, 6) is 1.39. The molecule has 1 aliphatic heterocycles. The summed E-state index contributed by atoms with van der Waals surface area (Å²) in [6.07, 6.45) is 3.62. The molecular formula is C17H31N5S. The van der Waals surface area contributed by atoms with Crippen molar-refractivity contribution in [3.8, 4) is 0 Å². The zero-order chi connectivity index (χ0) is 16.7. The van der Waals surface area contributed by atoms with Crippen molar-refractivity contribution in [3.63, 3.8) is 0 Å². The van der Waals surface area contributed by atoms with Gasteiger partial charge in [-0.15, -0.1) is 11.3 Å². The molecule has 1 fully saturated rings. The van der Waals surface area contributed by atoms with E-state index in [-0.39, 0.29) is 0 Å². The average Bonchev–Trinajstić information content (AvgIpc) is 3.02. The third-order valence-corrected chi connectivity index (χ3v) is 5.39. The molecule has 6 heteroatoms. The minimum absolute atomic E-state index is 0.500. The Kier molecular flexibility index (Phi) is 7.30. The molecule has 0 bridgehead atoms. The Morgan fingerprint density at radius 3 is 2.74 bits per heavy atom. The topological polar surface area (TPSA) is 52.5 Å². The summed E-state index contributed by atoms with van der Waals surface area (Å²) in [6.45, 7) is 10.9. The zero-order valence-electron chi connectivity index (χ0n) is 14.9. The Bertz CT molecular complexity index is 489. The second-order valence-corrected chi connectivity index (χ2v) is 7.41. The molecule has 130 valence electrons. The van der Waals surface area contributed by atoms with Crippen LogP contribution in [0.25, 0.3) is 0 Å². The van der Waals surface area contributed by atoms with Crippen LogP contribution in [0.5, 0.6) is 0 Å². The van der Waals surface area contributed by atoms with Crippen LogP contribution in [0.4, 0.5) is 0 Å². The Morgan fingerprint density at radius 1 is 1.43 bits per heavy atom. The van der Waals surface area contributed by atoms with E-state index < -0.39 is 0 Å². The molecule has 2 rings (SSSR count). The largest absolute Gasteiger partial charge is 0.354 e. The lowest BCUT2D eigenvalue weighted by Crippen LogP contribution is -2.48. The van der Waals surface area contributed by atoms with Crippen molar-refractivity contribution in [2.24, 2.45) is 4.99 Å². The molecule has 1 saturated heterocycles. The van der Waals surface area contributed by atoms with Crippen molar-refractivity contribution < 1.29 is 0 Å². The highest BCUT2D eigenvalue weighted by molar-refractivity contribution is 7.09. The van der Waals surface area contributed by atoms with E-state index in [2.05, 4.69) is 51.7 Å². The maximum atomic E-state index is 4.66. The van der Waals surface area contributed by atoms with Crippen LogP contribution in [-0.4, -0.2) is 48.6 Å². The van der Waals surface area contributed by atoms with Crippen LogP contribution in [0.1, 0.15) is 56.7 Å². The highest BCUT2D eigenvalue weighted by atomic mass is 32.1. The molecule has 5 nitrogen and oxygen atoms in total. The van der Waals surface area contributed by atoms with Gasteiger partial charge >= 0.3 is 0 Å². The molecule has 1 aromatic rings. The number of likely N-dealkylation sites (tertiary alicyclic amines) is 1. The average molecular weight is 338 g/mol. The molecule has 0 spiro atoms. The number of aliphatic imine (C=N–C) groups is 1. The molecule has 0 radical (unpaired) electrons. The van der Waals surface area contributed by atoms with Crippen molar-refractivity contribution in [1.82, 2.24) is 20.5 Å². The fourth-order valence-corrected chi connectivity index (χ4v) is 3.68. The van der Waals surface area contributed by atoms with Gasteiger partial charge in [0.05, 0.1) is 17.2 Å². The molecule has 1 aliphatic rings. The lowest BCUT2D eigenvalue weighted by Gasteiger charge is -2.32. The van der Waals surface area contributed by atoms with Crippen LogP contribution < -0.4 is 10.6 Å². The van der Waals surface area contributed by atoms with E-state index in [1.807, 2.05) is 7.05 Å². The molecule has 0 atom stereocenters. The maximum absolute atomic E-state index is 4.66. The number of hydrogen-bond acceptors (Lipinski definition) is 4. The van der Waals surface area contributed by atoms with E-state index >= 15 is 0 Å². The number of hydrogen-bond donors (Lipinski definition) is 2. The summed E-state index contributed by atoms with van der Waals surface area (Å²) < 4.78 is 0. The van der Waals surface area contributed by atoms with Gasteiger partial charge in [0.25, 0.3) is 0 Å². The lowest BCUT2D eigenvalue weighted by atomic mass is 10.1. The molecule has 2 N–H and O–H groups in total. The van der Waals surface area contributed by atoms with Crippen molar-refractivity contribution in [1.29, 1.82) is 0 Å². The SMILES string of the molecule is CCCN1CCC(NC(=NC)NCc2csc(C(C)C)n2)CC1. The van der Waals surface area contributed by atoms with Crippen LogP contribution in [0.15, 0.2) is 10.4 Å². The third-order valence-electron chi connectivity index (χ3n) is 4.19. The van der Waals surface area contributed by atoms with Gasteiger partial charge in [-0.1, -0.05) is 20.8 Å². The van der Waals surface area contributed by atoms with Crippen molar-refractivity contribution >= 4 is 17.3 Å². The van der Waals surface area contributed by atoms with Gasteiger partial charge in [0.1, 0.15) is 0 Å². The van der Waals surface area contributed by atoms with Crippen molar-refractivity contribution in [2.75, 3.05) is 26.7 Å². The number of rotatable bonds is 6. The summed E-state index contributed by atoms with van der Waals surface area (Å²) >= 11 is 1.74. The summed E-state index contributed by atoms with van der Waals surface area (Å²) in [4.78, 5) is 11.6. The van der Waals surface area contributed by atoms with Gasteiger partial charge in [0.15, 0.2) is 5.96 Å². The van der Waals surface area contributed by atoms with Gasteiger partial charge in [-0.2, -0.15) is 0 Å². The smallest absolute Gasteiger partial charge is 0.191 e. The van der Waals surface area contributed by atoms with E-state index in [1.54, 1.807) is 11.3 Å². The van der Waals surface area contributed by atoms with E-state index in [0.717, 1.165) is 18.2 Å². The number of piperidine rings is 1. The molecule has 0 unspecified atom stereocenters. The van der Waals surface area contributed by atoms with Gasteiger partial charge < -0.3 is 15.5 Å². The molecule has 0 amide bonds. The molecular weight excluding hydrogens is 306 g/mol. The monoisotopic (exact) mass is 337 g/mol. The van der Waals surface area contributed by atoms with Crippen LogP contribution >= 0.6 is 11.3 Å². The fraction of sp³-hybridized carbons (Fsp3) is 0.765. The summed E-state index contributed by atoms with van der Waals surface area (Å²) in [7, 11) is 1.84. The van der Waals surface area contributed by atoms with Gasteiger partial charge in [-0.25, -0.2) is 4.98 Å². The number of guanidine groups is 1. The van der Waals surface area contributed by atoms with Crippen molar-refractivity contribution in [3.05, 3.63) is 16.1 Å². The van der Waals surface area contributed by atoms with Crippen LogP contribution in [0, 0.1) is 0 Å². The number of nitrogens with one attached hydrogen (secondary N) is 2. The van der Waals surface area contributed by atoms with Gasteiger partial charge in [-0.3, -0.25) is 4.99 Å². The Balaban J connectivity index is 1.75. The minimum Gasteiger partial charge on any atom is -0.354 e. The number of thiazole rings is 1. The van der Waals surface area contributed by atoms with Crippen LogP contribution in [0.2, 0.25) is 0 Å². The van der Waals surface area contributed by atoms with E-state index in [4.69, 9.17) is 0 Å². The van der Waals surface area contributed by atoms with Crippen molar-refractivity contribution in [2.45, 2.75) is 58.5 Å². The zero-order valence-corrected chi connectivity index (χ0v) is 15.7. The lowest BCUT2D eigenvalue weighted by molar-refractivity contribution is 0.206. The Hall–Kier alpha value is -1.14. The molecule has 0 aliphatic carbocycles. The second-order valence-electron chi connectivity index (χ2n) is 6.52. The third kappa shape index (κ3) is 5.77. The Morgan fingerprint density at radius 2 is 2.17 bits per heavy atom. The fourth-order valence-electron chi connectivity index (χ4n) is 2.85. The summed E-state index contributed by atoms with van der Waals surface area (Å²) in [5, 5.41) is 10.3. The van der Waals surface area contributed by atoms with Gasteiger partial charge in [-0.05, 0) is 25.8 Å². The van der Waals surface area contributed by atoms with E-state index in [0.29, 0.717) is 12.0 Å². The Labute approximate surface area is 144 Å². The first-order chi connectivity index (χ1) is 11.1. The minimum atomic E-state index is 0.500. The predicted molar refractivity (Wildman–Crippen MR) is 99.3 cm³/mol. The molecule has 1 aromatic heterocycles. The second kappa shape index (κ2) is 9.23.